The Morgan fingerprint density at radius 2 is 1.73 bits per heavy atom. The van der Waals surface area contributed by atoms with Crippen molar-refractivity contribution in [1.29, 1.82) is 0 Å². The summed E-state index contributed by atoms with van der Waals surface area (Å²) in [7, 11) is 2.79. The summed E-state index contributed by atoms with van der Waals surface area (Å²) in [6.07, 6.45) is 0.522. The van der Waals surface area contributed by atoms with Gasteiger partial charge in [0.15, 0.2) is 11.5 Å². The first-order valence-electron chi connectivity index (χ1n) is 9.59. The monoisotopic (exact) mass is 436 g/mol. The largest absolute Gasteiger partial charge is 0.496 e. The fourth-order valence-electron chi connectivity index (χ4n) is 3.66. The van der Waals surface area contributed by atoms with Crippen LogP contribution in [-0.2, 0) is 21.3 Å². The molecule has 8 nitrogen and oxygen atoms in total. The fraction of sp³-hybridized carbons (Fsp3) is 0.429. The minimum Gasteiger partial charge on any atom is -0.496 e. The molecule has 2 aromatic rings. The highest BCUT2D eigenvalue weighted by atomic mass is 32.2. The molecule has 0 amide bonds. The molecule has 1 fully saturated rings. The fourth-order valence-corrected chi connectivity index (χ4v) is 5.17. The smallest absolute Gasteiger partial charge is 0.218 e. The molecule has 1 aliphatic heterocycles. The molecular weight excluding hydrogens is 408 g/mol. The molecule has 1 heterocycles. The van der Waals surface area contributed by atoms with E-state index in [2.05, 4.69) is 4.72 Å². The first kappa shape index (κ1) is 22.4. The van der Waals surface area contributed by atoms with Gasteiger partial charge in [0, 0.05) is 13.6 Å². The minimum atomic E-state index is -3.64. The Morgan fingerprint density at radius 3 is 2.43 bits per heavy atom. The number of methoxy groups -OCH3 is 3. The third-order valence-corrected chi connectivity index (χ3v) is 7.02. The topological polar surface area (TPSA) is 86.3 Å². The Morgan fingerprint density at radius 1 is 1.03 bits per heavy atom. The van der Waals surface area contributed by atoms with E-state index in [9.17, 15) is 8.42 Å². The van der Waals surface area contributed by atoms with Crippen LogP contribution in [0.3, 0.4) is 0 Å². The van der Waals surface area contributed by atoms with E-state index in [1.165, 1.54) is 0 Å². The molecule has 2 aromatic carbocycles. The number of hydrogen-bond acceptors (Lipinski definition) is 7. The molecule has 9 heteroatoms. The number of benzene rings is 2. The van der Waals surface area contributed by atoms with Gasteiger partial charge in [-0.05, 0) is 35.7 Å². The highest BCUT2D eigenvalue weighted by molar-refractivity contribution is 7.90. The van der Waals surface area contributed by atoms with Crippen molar-refractivity contribution in [3.63, 3.8) is 0 Å². The maximum Gasteiger partial charge on any atom is 0.218 e. The number of nitrogens with one attached hydrogen (secondary N) is 1. The third kappa shape index (κ3) is 4.70. The molecule has 0 aromatic heterocycles. The maximum absolute atomic E-state index is 13.1. The van der Waals surface area contributed by atoms with E-state index in [0.717, 1.165) is 16.9 Å². The van der Waals surface area contributed by atoms with Gasteiger partial charge in [-0.2, -0.15) is 5.06 Å². The van der Waals surface area contributed by atoms with Gasteiger partial charge in [-0.15, -0.1) is 0 Å². The van der Waals surface area contributed by atoms with Crippen LogP contribution in [0.15, 0.2) is 42.5 Å². The van der Waals surface area contributed by atoms with Crippen LogP contribution in [0.25, 0.3) is 0 Å². The quantitative estimate of drug-likeness (QED) is 0.645. The van der Waals surface area contributed by atoms with Crippen LogP contribution in [0.1, 0.15) is 17.2 Å². The first-order valence-corrected chi connectivity index (χ1v) is 11.1. The van der Waals surface area contributed by atoms with Crippen LogP contribution >= 0.6 is 0 Å². The molecule has 0 saturated carbocycles. The maximum atomic E-state index is 13.1. The molecule has 0 radical (unpaired) electrons. The number of hydroxylamine groups is 2. The lowest BCUT2D eigenvalue weighted by atomic mass is 10.0. The van der Waals surface area contributed by atoms with Crippen LogP contribution < -0.4 is 18.9 Å². The Hall–Kier alpha value is -2.33. The van der Waals surface area contributed by atoms with E-state index < -0.39 is 21.3 Å². The summed E-state index contributed by atoms with van der Waals surface area (Å²) < 4.78 is 44.9. The SMILES string of the molecule is COc1ccccc1CCNS(=O)(=O)[C@H]1CON(C)[C@@H]1c1ccc(OC)c(OC)c1. The zero-order chi connectivity index (χ0) is 21.7. The molecule has 1 N–H and O–H groups in total. The highest BCUT2D eigenvalue weighted by Gasteiger charge is 2.43. The average Bonchev–Trinajstić information content (AvgIpc) is 3.15. The van der Waals surface area contributed by atoms with Gasteiger partial charge >= 0.3 is 0 Å². The molecule has 3 rings (SSSR count). The number of ether oxygens (including phenoxy) is 3. The molecular formula is C21H28N2O6S. The van der Waals surface area contributed by atoms with E-state index in [4.69, 9.17) is 19.0 Å². The van der Waals surface area contributed by atoms with E-state index >= 15 is 0 Å². The summed E-state index contributed by atoms with van der Waals surface area (Å²) in [6.45, 7) is 0.334. The van der Waals surface area contributed by atoms with Crippen molar-refractivity contribution in [3.05, 3.63) is 53.6 Å². The summed E-state index contributed by atoms with van der Waals surface area (Å²) in [5, 5.41) is 0.809. The van der Waals surface area contributed by atoms with Crippen molar-refractivity contribution < 1.29 is 27.5 Å². The van der Waals surface area contributed by atoms with Gasteiger partial charge in [-0.3, -0.25) is 4.84 Å². The Kier molecular flexibility index (Phi) is 7.19. The molecule has 164 valence electrons. The summed E-state index contributed by atoms with van der Waals surface area (Å²) in [4.78, 5) is 5.57. The summed E-state index contributed by atoms with van der Waals surface area (Å²) >= 11 is 0. The third-order valence-electron chi connectivity index (χ3n) is 5.22. The van der Waals surface area contributed by atoms with Gasteiger partial charge < -0.3 is 14.2 Å². The minimum absolute atomic E-state index is 0.0690. The van der Waals surface area contributed by atoms with Crippen LogP contribution in [0.5, 0.6) is 17.2 Å². The average molecular weight is 437 g/mol. The summed E-state index contributed by atoms with van der Waals surface area (Å²) in [5.41, 5.74) is 1.71. The molecule has 0 spiro atoms. The van der Waals surface area contributed by atoms with Crippen molar-refractivity contribution >= 4 is 10.0 Å². The molecule has 0 bridgehead atoms. The molecule has 1 aliphatic rings. The van der Waals surface area contributed by atoms with E-state index in [-0.39, 0.29) is 13.2 Å². The number of hydrogen-bond donors (Lipinski definition) is 1. The first-order chi connectivity index (χ1) is 14.4. The van der Waals surface area contributed by atoms with Gasteiger partial charge in [-0.25, -0.2) is 13.1 Å². The zero-order valence-corrected chi connectivity index (χ0v) is 18.4. The van der Waals surface area contributed by atoms with Gasteiger partial charge in [0.25, 0.3) is 0 Å². The van der Waals surface area contributed by atoms with Crippen LogP contribution in [0.4, 0.5) is 0 Å². The second-order valence-corrected chi connectivity index (χ2v) is 8.93. The Labute approximate surface area is 177 Å². The van der Waals surface area contributed by atoms with Gasteiger partial charge in [0.1, 0.15) is 11.0 Å². The summed E-state index contributed by atoms with van der Waals surface area (Å²) in [6, 6.07) is 12.5. The van der Waals surface area contributed by atoms with Crippen molar-refractivity contribution in [3.8, 4) is 17.2 Å². The second-order valence-electron chi connectivity index (χ2n) is 6.94. The van der Waals surface area contributed by atoms with Crippen LogP contribution in [0.2, 0.25) is 0 Å². The van der Waals surface area contributed by atoms with Gasteiger partial charge in [-0.1, -0.05) is 24.3 Å². The van der Waals surface area contributed by atoms with Gasteiger partial charge in [0.05, 0.1) is 34.0 Å². The Balaban J connectivity index is 1.76. The molecule has 30 heavy (non-hydrogen) atoms. The predicted molar refractivity (Wildman–Crippen MR) is 113 cm³/mol. The number of nitrogens with zero attached hydrogens (tertiary/aromatic N) is 1. The van der Waals surface area contributed by atoms with Crippen LogP contribution in [0, 0.1) is 0 Å². The lowest BCUT2D eigenvalue weighted by molar-refractivity contribution is -0.110. The molecule has 1 saturated heterocycles. The van der Waals surface area contributed by atoms with Crippen molar-refractivity contribution in [2.45, 2.75) is 17.7 Å². The highest BCUT2D eigenvalue weighted by Crippen LogP contribution is 2.37. The van der Waals surface area contributed by atoms with Gasteiger partial charge in [0.2, 0.25) is 10.0 Å². The molecule has 0 aliphatic carbocycles. The van der Waals surface area contributed by atoms with E-state index in [1.54, 1.807) is 45.6 Å². The standard InChI is InChI=1S/C21H28N2O6S/c1-23-21(16-9-10-18(27-3)19(13-16)28-4)20(14-29-23)30(24,25)22-12-11-15-7-5-6-8-17(15)26-2/h5-10,13,20-22H,11-12,14H2,1-4H3/t20-,21+/m0/s1. The van der Waals surface area contributed by atoms with Crippen molar-refractivity contribution in [2.75, 3.05) is 41.5 Å². The second kappa shape index (κ2) is 9.65. The van der Waals surface area contributed by atoms with Crippen molar-refractivity contribution in [1.82, 2.24) is 9.79 Å². The Bertz CT molecular complexity index is 966. The van der Waals surface area contributed by atoms with E-state index in [0.29, 0.717) is 17.9 Å². The lowest BCUT2D eigenvalue weighted by Crippen LogP contribution is -2.40. The lowest BCUT2D eigenvalue weighted by Gasteiger charge is -2.24. The number of para-hydroxylation sites is 1. The molecule has 0 unspecified atom stereocenters. The van der Waals surface area contributed by atoms with Crippen molar-refractivity contribution in [2.24, 2.45) is 0 Å². The molecule has 2 atom stereocenters. The normalized spacial score (nSPS) is 19.6. The summed E-state index contributed by atoms with van der Waals surface area (Å²) in [5.74, 6) is 1.86. The predicted octanol–water partition coefficient (Wildman–Crippen LogP) is 2.16. The zero-order valence-electron chi connectivity index (χ0n) is 17.6. The van der Waals surface area contributed by atoms with Crippen LogP contribution in [-0.4, -0.2) is 60.3 Å². The van der Waals surface area contributed by atoms with E-state index in [1.807, 2.05) is 30.3 Å². The number of sulfonamides is 1. The number of rotatable bonds is 9.